The molecule has 0 radical (unpaired) electrons. The van der Waals surface area contributed by atoms with E-state index in [2.05, 4.69) is 5.10 Å². The van der Waals surface area contributed by atoms with Crippen molar-refractivity contribution in [3.8, 4) is 28.4 Å². The van der Waals surface area contributed by atoms with E-state index in [1.54, 1.807) is 43.2 Å². The first kappa shape index (κ1) is 19.5. The Kier molecular flexibility index (Phi) is 5.35. The zero-order valence-corrected chi connectivity index (χ0v) is 17.1. The van der Waals surface area contributed by atoms with Gasteiger partial charge in [-0.3, -0.25) is 4.79 Å². The first-order valence-corrected chi connectivity index (χ1v) is 9.59. The maximum atomic E-state index is 13.1. The van der Waals surface area contributed by atoms with E-state index in [0.717, 1.165) is 22.7 Å². The third kappa shape index (κ3) is 3.82. The van der Waals surface area contributed by atoms with E-state index in [-0.39, 0.29) is 5.78 Å². The molecule has 1 aromatic heterocycles. The number of aromatic nitrogens is 2. The van der Waals surface area contributed by atoms with E-state index in [9.17, 15) is 4.79 Å². The number of aryl methyl sites for hydroxylation is 1. The molecule has 30 heavy (non-hydrogen) atoms. The molecule has 0 fully saturated rings. The molecule has 0 bridgehead atoms. The molecule has 0 saturated carbocycles. The van der Waals surface area contributed by atoms with Gasteiger partial charge in [0.25, 0.3) is 0 Å². The van der Waals surface area contributed by atoms with Crippen LogP contribution in [0.5, 0.6) is 11.5 Å². The number of hydrogen-bond donors (Lipinski definition) is 0. The number of rotatable bonds is 6. The molecule has 0 atom stereocenters. The highest BCUT2D eigenvalue weighted by atomic mass is 16.5. The lowest BCUT2D eigenvalue weighted by Crippen LogP contribution is -2.04. The molecule has 1 heterocycles. The molecule has 150 valence electrons. The van der Waals surface area contributed by atoms with Gasteiger partial charge in [0, 0.05) is 11.1 Å². The minimum Gasteiger partial charge on any atom is -0.497 e. The lowest BCUT2D eigenvalue weighted by Gasteiger charge is -2.09. The van der Waals surface area contributed by atoms with Crippen LogP contribution in [0.3, 0.4) is 0 Å². The van der Waals surface area contributed by atoms with Crippen molar-refractivity contribution in [3.05, 3.63) is 95.7 Å². The average Bonchev–Trinajstić information content (AvgIpc) is 3.24. The van der Waals surface area contributed by atoms with Gasteiger partial charge < -0.3 is 9.47 Å². The summed E-state index contributed by atoms with van der Waals surface area (Å²) in [7, 11) is 3.23. The van der Waals surface area contributed by atoms with Crippen molar-refractivity contribution in [1.82, 2.24) is 9.78 Å². The molecule has 5 heteroatoms. The van der Waals surface area contributed by atoms with Crippen LogP contribution in [-0.2, 0) is 0 Å². The molecule has 0 aliphatic carbocycles. The lowest BCUT2D eigenvalue weighted by atomic mass is 10.1. The molecular formula is C25H22N2O3. The maximum absolute atomic E-state index is 13.1. The van der Waals surface area contributed by atoms with Crippen LogP contribution in [0, 0.1) is 6.92 Å². The van der Waals surface area contributed by atoms with Crippen LogP contribution in [0.25, 0.3) is 16.9 Å². The fourth-order valence-corrected chi connectivity index (χ4v) is 3.23. The van der Waals surface area contributed by atoms with Gasteiger partial charge in [-0.25, -0.2) is 4.68 Å². The Balaban J connectivity index is 1.79. The van der Waals surface area contributed by atoms with Crippen molar-refractivity contribution >= 4 is 5.78 Å². The molecular weight excluding hydrogens is 376 g/mol. The number of ketones is 1. The van der Waals surface area contributed by atoms with E-state index in [1.165, 1.54) is 5.56 Å². The first-order valence-electron chi connectivity index (χ1n) is 9.59. The third-order valence-corrected chi connectivity index (χ3v) is 4.96. The summed E-state index contributed by atoms with van der Waals surface area (Å²) in [6.45, 7) is 2.04. The molecule has 0 aliphatic heterocycles. The molecule has 0 unspecified atom stereocenters. The largest absolute Gasteiger partial charge is 0.497 e. The summed E-state index contributed by atoms with van der Waals surface area (Å²) in [5.41, 5.74) is 4.79. The van der Waals surface area contributed by atoms with Crippen LogP contribution in [0.15, 0.2) is 78.9 Å². The third-order valence-electron chi connectivity index (χ3n) is 4.96. The fourth-order valence-electron chi connectivity index (χ4n) is 3.23. The predicted octanol–water partition coefficient (Wildman–Crippen LogP) is 5.10. The Hall–Kier alpha value is -3.86. The SMILES string of the molecule is COc1ccc(C(=O)c2cc(-c3ccc(C)cc3)n(-c3ccc(OC)cc3)n2)cc1. The minimum atomic E-state index is -0.140. The van der Waals surface area contributed by atoms with Crippen molar-refractivity contribution in [1.29, 1.82) is 0 Å². The number of carbonyl (C=O) groups excluding carboxylic acids is 1. The van der Waals surface area contributed by atoms with Crippen molar-refractivity contribution in [2.75, 3.05) is 14.2 Å². The summed E-state index contributed by atoms with van der Waals surface area (Å²) >= 11 is 0. The number of hydrogen-bond acceptors (Lipinski definition) is 4. The summed E-state index contributed by atoms with van der Waals surface area (Å²) in [4.78, 5) is 13.1. The quantitative estimate of drug-likeness (QED) is 0.424. The number of nitrogens with zero attached hydrogens (tertiary/aromatic N) is 2. The molecule has 4 rings (SSSR count). The molecule has 0 amide bonds. The topological polar surface area (TPSA) is 53.4 Å². The van der Waals surface area contributed by atoms with Gasteiger partial charge in [-0.05, 0) is 61.5 Å². The Morgan fingerprint density at radius 3 is 1.93 bits per heavy atom. The van der Waals surface area contributed by atoms with Crippen LogP contribution < -0.4 is 9.47 Å². The van der Waals surface area contributed by atoms with Crippen LogP contribution in [0.1, 0.15) is 21.6 Å². The van der Waals surface area contributed by atoms with E-state index >= 15 is 0 Å². The molecule has 0 N–H and O–H groups in total. The van der Waals surface area contributed by atoms with Crippen LogP contribution in [-0.4, -0.2) is 29.8 Å². The minimum absolute atomic E-state index is 0.140. The van der Waals surface area contributed by atoms with Gasteiger partial charge >= 0.3 is 0 Å². The lowest BCUT2D eigenvalue weighted by molar-refractivity contribution is 0.103. The highest BCUT2D eigenvalue weighted by molar-refractivity contribution is 6.08. The second-order valence-electron chi connectivity index (χ2n) is 6.95. The Morgan fingerprint density at radius 1 is 0.800 bits per heavy atom. The highest BCUT2D eigenvalue weighted by Crippen LogP contribution is 2.27. The van der Waals surface area contributed by atoms with Crippen molar-refractivity contribution in [2.24, 2.45) is 0 Å². The van der Waals surface area contributed by atoms with Crippen molar-refractivity contribution in [2.45, 2.75) is 6.92 Å². The second-order valence-corrected chi connectivity index (χ2v) is 6.95. The number of carbonyl (C=O) groups is 1. The van der Waals surface area contributed by atoms with E-state index in [0.29, 0.717) is 17.0 Å². The molecule has 4 aromatic rings. The zero-order valence-electron chi connectivity index (χ0n) is 17.1. The summed E-state index contributed by atoms with van der Waals surface area (Å²) in [5.74, 6) is 1.33. The Labute approximate surface area is 175 Å². The van der Waals surface area contributed by atoms with Gasteiger partial charge in [0.1, 0.15) is 17.2 Å². The Morgan fingerprint density at radius 2 is 1.37 bits per heavy atom. The van der Waals surface area contributed by atoms with Gasteiger partial charge in [0.05, 0.1) is 25.6 Å². The van der Waals surface area contributed by atoms with Gasteiger partial charge in [-0.1, -0.05) is 29.8 Å². The van der Waals surface area contributed by atoms with Crippen molar-refractivity contribution in [3.63, 3.8) is 0 Å². The summed E-state index contributed by atoms with van der Waals surface area (Å²) in [5, 5.41) is 4.65. The van der Waals surface area contributed by atoms with E-state index in [1.807, 2.05) is 61.5 Å². The molecule has 5 nitrogen and oxygen atoms in total. The van der Waals surface area contributed by atoms with Crippen LogP contribution in [0.2, 0.25) is 0 Å². The molecule has 0 saturated heterocycles. The molecule has 0 spiro atoms. The average molecular weight is 398 g/mol. The number of methoxy groups -OCH3 is 2. The van der Waals surface area contributed by atoms with E-state index < -0.39 is 0 Å². The molecule has 0 aliphatic rings. The van der Waals surface area contributed by atoms with Gasteiger partial charge in [0.15, 0.2) is 0 Å². The summed E-state index contributed by atoms with van der Waals surface area (Å²) < 4.78 is 12.2. The smallest absolute Gasteiger partial charge is 0.213 e. The maximum Gasteiger partial charge on any atom is 0.213 e. The molecule has 3 aromatic carbocycles. The standard InChI is InChI=1S/C25H22N2O3/c1-17-4-6-18(7-5-17)24-16-23(25(28)19-8-12-21(29-2)13-9-19)26-27(24)20-10-14-22(30-3)15-11-20/h4-16H,1-3H3. The fraction of sp³-hybridized carbons (Fsp3) is 0.120. The zero-order chi connectivity index (χ0) is 21.1. The number of ether oxygens (including phenoxy) is 2. The van der Waals surface area contributed by atoms with Crippen molar-refractivity contribution < 1.29 is 14.3 Å². The van der Waals surface area contributed by atoms with E-state index in [4.69, 9.17) is 9.47 Å². The first-order chi connectivity index (χ1) is 14.6. The Bertz CT molecular complexity index is 1160. The number of benzene rings is 3. The predicted molar refractivity (Wildman–Crippen MR) is 117 cm³/mol. The normalized spacial score (nSPS) is 10.6. The highest BCUT2D eigenvalue weighted by Gasteiger charge is 2.18. The summed E-state index contributed by atoms with van der Waals surface area (Å²) in [6, 6.07) is 24.6. The monoisotopic (exact) mass is 398 g/mol. The van der Waals surface area contributed by atoms with Crippen LogP contribution in [0.4, 0.5) is 0 Å². The summed E-state index contributed by atoms with van der Waals surface area (Å²) in [6.07, 6.45) is 0. The van der Waals surface area contributed by atoms with Gasteiger partial charge in [0.2, 0.25) is 5.78 Å². The van der Waals surface area contributed by atoms with Gasteiger partial charge in [-0.2, -0.15) is 5.10 Å². The van der Waals surface area contributed by atoms with Gasteiger partial charge in [-0.15, -0.1) is 0 Å². The second kappa shape index (κ2) is 8.25. The van der Waals surface area contributed by atoms with Crippen LogP contribution >= 0.6 is 0 Å².